The molecule has 0 aliphatic rings. The molecule has 0 spiro atoms. The lowest BCUT2D eigenvalue weighted by Gasteiger charge is -2.06. The van der Waals surface area contributed by atoms with E-state index in [-0.39, 0.29) is 0 Å². The van der Waals surface area contributed by atoms with Crippen molar-refractivity contribution in [3.8, 4) is 22.4 Å². The molecule has 0 radical (unpaired) electrons. The first-order valence-corrected chi connectivity index (χ1v) is 6.19. The van der Waals surface area contributed by atoms with Crippen molar-refractivity contribution in [1.82, 2.24) is 15.0 Å². The highest BCUT2D eigenvalue weighted by Crippen LogP contribution is 2.26. The Labute approximate surface area is 116 Å². The molecule has 4 heteroatoms. The van der Waals surface area contributed by atoms with Crippen LogP contribution in [0.1, 0.15) is 0 Å². The second kappa shape index (κ2) is 5.16. The van der Waals surface area contributed by atoms with Gasteiger partial charge in [0.15, 0.2) is 0 Å². The zero-order valence-electron chi connectivity index (χ0n) is 9.99. The summed E-state index contributed by atoms with van der Waals surface area (Å²) in [6, 6.07) is 11.6. The van der Waals surface area contributed by atoms with E-state index < -0.39 is 0 Å². The molecule has 3 aromatic rings. The molecular weight excluding hydrogens is 258 g/mol. The normalized spacial score (nSPS) is 10.4. The summed E-state index contributed by atoms with van der Waals surface area (Å²) >= 11 is 6.10. The molecule has 0 fully saturated rings. The molecule has 0 aliphatic heterocycles. The zero-order valence-corrected chi connectivity index (χ0v) is 10.7. The predicted molar refractivity (Wildman–Crippen MR) is 75.7 cm³/mol. The SMILES string of the molecule is Clc1cc(-c2ccncc2)cc(-c2cccnc2)n1. The Balaban J connectivity index is 2.12. The average molecular weight is 268 g/mol. The van der Waals surface area contributed by atoms with Crippen LogP contribution in [0.4, 0.5) is 0 Å². The van der Waals surface area contributed by atoms with E-state index in [1.54, 1.807) is 24.8 Å². The molecular formula is C15H10ClN3. The Morgan fingerprint density at radius 1 is 0.789 bits per heavy atom. The second-order valence-corrected chi connectivity index (χ2v) is 4.43. The Kier molecular flexibility index (Phi) is 3.21. The van der Waals surface area contributed by atoms with Gasteiger partial charge in [0.05, 0.1) is 5.69 Å². The standard InChI is InChI=1S/C15H10ClN3/c16-15-9-13(11-3-6-17-7-4-11)8-14(19-15)12-2-1-5-18-10-12/h1-10H. The van der Waals surface area contributed by atoms with E-state index in [4.69, 9.17) is 11.6 Å². The summed E-state index contributed by atoms with van der Waals surface area (Å²) in [5, 5.41) is 0.466. The second-order valence-electron chi connectivity index (χ2n) is 4.04. The Hall–Kier alpha value is -2.26. The van der Waals surface area contributed by atoms with Crippen molar-refractivity contribution in [3.05, 3.63) is 66.3 Å². The highest BCUT2D eigenvalue weighted by Gasteiger charge is 2.05. The van der Waals surface area contributed by atoms with Crippen molar-refractivity contribution < 1.29 is 0 Å². The summed E-state index contributed by atoms with van der Waals surface area (Å²) in [5.41, 5.74) is 3.83. The van der Waals surface area contributed by atoms with Crippen LogP contribution in [-0.4, -0.2) is 15.0 Å². The van der Waals surface area contributed by atoms with Gasteiger partial charge in [0.25, 0.3) is 0 Å². The van der Waals surface area contributed by atoms with Gasteiger partial charge in [0.1, 0.15) is 5.15 Å². The van der Waals surface area contributed by atoms with Crippen molar-refractivity contribution in [2.75, 3.05) is 0 Å². The van der Waals surface area contributed by atoms with E-state index in [2.05, 4.69) is 15.0 Å². The lowest BCUT2D eigenvalue weighted by Crippen LogP contribution is -1.88. The van der Waals surface area contributed by atoms with E-state index >= 15 is 0 Å². The number of halogens is 1. The fourth-order valence-corrected chi connectivity index (χ4v) is 2.08. The van der Waals surface area contributed by atoms with Crippen LogP contribution < -0.4 is 0 Å². The third kappa shape index (κ3) is 2.61. The van der Waals surface area contributed by atoms with Crippen molar-refractivity contribution >= 4 is 11.6 Å². The van der Waals surface area contributed by atoms with Crippen LogP contribution in [0.5, 0.6) is 0 Å². The molecule has 0 unspecified atom stereocenters. The zero-order chi connectivity index (χ0) is 13.1. The van der Waals surface area contributed by atoms with Gasteiger partial charge in [-0.1, -0.05) is 11.6 Å². The lowest BCUT2D eigenvalue weighted by atomic mass is 10.1. The van der Waals surface area contributed by atoms with Crippen molar-refractivity contribution in [2.24, 2.45) is 0 Å². The number of rotatable bonds is 2. The number of hydrogen-bond donors (Lipinski definition) is 0. The molecule has 0 saturated heterocycles. The fourth-order valence-electron chi connectivity index (χ4n) is 1.87. The fraction of sp³-hybridized carbons (Fsp3) is 0. The van der Waals surface area contributed by atoms with E-state index in [0.29, 0.717) is 5.15 Å². The first kappa shape index (κ1) is 11.8. The smallest absolute Gasteiger partial charge is 0.130 e. The van der Waals surface area contributed by atoms with Crippen molar-refractivity contribution in [3.63, 3.8) is 0 Å². The van der Waals surface area contributed by atoms with E-state index in [9.17, 15) is 0 Å². The van der Waals surface area contributed by atoms with Gasteiger partial charge >= 0.3 is 0 Å². The maximum absolute atomic E-state index is 6.10. The maximum Gasteiger partial charge on any atom is 0.130 e. The summed E-state index contributed by atoms with van der Waals surface area (Å²) < 4.78 is 0. The van der Waals surface area contributed by atoms with E-state index in [1.807, 2.05) is 36.4 Å². The molecule has 0 aromatic carbocycles. The Bertz CT molecular complexity index is 627. The first-order chi connectivity index (χ1) is 9.33. The summed E-state index contributed by atoms with van der Waals surface area (Å²) in [4.78, 5) is 12.5. The molecule has 92 valence electrons. The monoisotopic (exact) mass is 267 g/mol. The molecule has 0 amide bonds. The molecule has 0 bridgehead atoms. The average Bonchev–Trinajstić information content (AvgIpc) is 2.48. The molecule has 0 saturated carbocycles. The Morgan fingerprint density at radius 2 is 1.63 bits per heavy atom. The number of aromatic nitrogens is 3. The summed E-state index contributed by atoms with van der Waals surface area (Å²) in [7, 11) is 0. The van der Waals surface area contributed by atoms with Crippen LogP contribution in [0.15, 0.2) is 61.2 Å². The third-order valence-electron chi connectivity index (χ3n) is 2.77. The van der Waals surface area contributed by atoms with Gasteiger partial charge in [0.2, 0.25) is 0 Å². The molecule has 0 atom stereocenters. The maximum atomic E-state index is 6.10. The van der Waals surface area contributed by atoms with Crippen LogP contribution in [0, 0.1) is 0 Å². The minimum atomic E-state index is 0.466. The van der Waals surface area contributed by atoms with Gasteiger partial charge in [-0.05, 0) is 47.5 Å². The number of hydrogen-bond acceptors (Lipinski definition) is 3. The van der Waals surface area contributed by atoms with E-state index in [1.165, 1.54) is 0 Å². The quantitative estimate of drug-likeness (QED) is 0.662. The lowest BCUT2D eigenvalue weighted by molar-refractivity contribution is 1.27. The van der Waals surface area contributed by atoms with Crippen LogP contribution in [0.2, 0.25) is 5.15 Å². The molecule has 3 rings (SSSR count). The summed E-state index contributed by atoms with van der Waals surface area (Å²) in [6.45, 7) is 0. The molecule has 0 N–H and O–H groups in total. The van der Waals surface area contributed by atoms with Crippen LogP contribution in [-0.2, 0) is 0 Å². The topological polar surface area (TPSA) is 38.7 Å². The van der Waals surface area contributed by atoms with Gasteiger partial charge in [-0.15, -0.1) is 0 Å². The molecule has 0 aliphatic carbocycles. The molecule has 3 heterocycles. The summed E-state index contributed by atoms with van der Waals surface area (Å²) in [6.07, 6.45) is 7.02. The number of pyridine rings is 3. The van der Waals surface area contributed by atoms with Crippen LogP contribution >= 0.6 is 11.6 Å². The Morgan fingerprint density at radius 3 is 2.37 bits per heavy atom. The third-order valence-corrected chi connectivity index (χ3v) is 2.96. The molecule has 3 nitrogen and oxygen atoms in total. The van der Waals surface area contributed by atoms with Gasteiger partial charge in [-0.2, -0.15) is 0 Å². The number of nitrogens with zero attached hydrogens (tertiary/aromatic N) is 3. The minimum absolute atomic E-state index is 0.466. The van der Waals surface area contributed by atoms with Crippen LogP contribution in [0.25, 0.3) is 22.4 Å². The minimum Gasteiger partial charge on any atom is -0.265 e. The highest BCUT2D eigenvalue weighted by atomic mass is 35.5. The predicted octanol–water partition coefficient (Wildman–Crippen LogP) is 3.86. The largest absolute Gasteiger partial charge is 0.265 e. The molecule has 19 heavy (non-hydrogen) atoms. The first-order valence-electron chi connectivity index (χ1n) is 5.81. The van der Waals surface area contributed by atoms with Gasteiger partial charge < -0.3 is 0 Å². The van der Waals surface area contributed by atoms with Crippen molar-refractivity contribution in [1.29, 1.82) is 0 Å². The van der Waals surface area contributed by atoms with Crippen molar-refractivity contribution in [2.45, 2.75) is 0 Å². The van der Waals surface area contributed by atoms with Crippen LogP contribution in [0.3, 0.4) is 0 Å². The van der Waals surface area contributed by atoms with E-state index in [0.717, 1.165) is 22.4 Å². The van der Waals surface area contributed by atoms with Gasteiger partial charge in [-0.3, -0.25) is 9.97 Å². The van der Waals surface area contributed by atoms with Gasteiger partial charge in [0, 0.05) is 30.4 Å². The molecule has 3 aromatic heterocycles. The highest BCUT2D eigenvalue weighted by molar-refractivity contribution is 6.29. The summed E-state index contributed by atoms with van der Waals surface area (Å²) in [5.74, 6) is 0. The van der Waals surface area contributed by atoms with Gasteiger partial charge in [-0.25, -0.2) is 4.98 Å².